The van der Waals surface area contributed by atoms with Crippen LogP contribution in [0.5, 0.6) is 11.5 Å². The SMILES string of the molecule is CC=CCCCC(C)c1cc(O)cc(O)c1. The average molecular weight is 220 g/mol. The highest BCUT2D eigenvalue weighted by atomic mass is 16.3. The molecule has 0 aliphatic rings. The van der Waals surface area contributed by atoms with Gasteiger partial charge >= 0.3 is 0 Å². The van der Waals surface area contributed by atoms with Crippen LogP contribution < -0.4 is 0 Å². The molecule has 0 bridgehead atoms. The van der Waals surface area contributed by atoms with Crippen LogP contribution in [0.25, 0.3) is 0 Å². The molecule has 16 heavy (non-hydrogen) atoms. The first-order chi connectivity index (χ1) is 7.63. The molecular formula is C14H20O2. The zero-order valence-corrected chi connectivity index (χ0v) is 9.98. The van der Waals surface area contributed by atoms with E-state index in [1.807, 2.05) is 6.92 Å². The molecule has 0 aliphatic heterocycles. The molecule has 1 atom stereocenters. The summed E-state index contributed by atoms with van der Waals surface area (Å²) in [6.45, 7) is 4.14. The van der Waals surface area contributed by atoms with E-state index in [1.165, 1.54) is 6.07 Å². The first kappa shape index (κ1) is 12.6. The highest BCUT2D eigenvalue weighted by Crippen LogP contribution is 2.28. The third-order valence-corrected chi connectivity index (χ3v) is 2.74. The Labute approximate surface area is 97.2 Å². The number of hydrogen-bond acceptors (Lipinski definition) is 2. The van der Waals surface area contributed by atoms with Gasteiger partial charge in [0, 0.05) is 6.07 Å². The number of unbranched alkanes of at least 4 members (excludes halogenated alkanes) is 1. The molecule has 0 saturated carbocycles. The quantitative estimate of drug-likeness (QED) is 0.582. The summed E-state index contributed by atoms with van der Waals surface area (Å²) in [6.07, 6.45) is 7.50. The van der Waals surface area contributed by atoms with E-state index in [4.69, 9.17) is 0 Å². The third kappa shape index (κ3) is 3.97. The van der Waals surface area contributed by atoms with Crippen LogP contribution in [0.3, 0.4) is 0 Å². The Balaban J connectivity index is 2.55. The fourth-order valence-electron chi connectivity index (χ4n) is 1.78. The number of phenols is 2. The van der Waals surface area contributed by atoms with Gasteiger partial charge in [0.25, 0.3) is 0 Å². The van der Waals surface area contributed by atoms with Gasteiger partial charge in [0.2, 0.25) is 0 Å². The second kappa shape index (κ2) is 6.21. The molecule has 88 valence electrons. The molecule has 1 aromatic carbocycles. The first-order valence-corrected chi connectivity index (χ1v) is 5.77. The zero-order chi connectivity index (χ0) is 12.0. The van der Waals surface area contributed by atoms with E-state index < -0.39 is 0 Å². The van der Waals surface area contributed by atoms with E-state index in [-0.39, 0.29) is 11.5 Å². The summed E-state index contributed by atoms with van der Waals surface area (Å²) in [5, 5.41) is 18.8. The van der Waals surface area contributed by atoms with Crippen molar-refractivity contribution in [2.75, 3.05) is 0 Å². The fourth-order valence-corrected chi connectivity index (χ4v) is 1.78. The van der Waals surface area contributed by atoms with Gasteiger partial charge in [-0.3, -0.25) is 0 Å². The molecular weight excluding hydrogens is 200 g/mol. The molecule has 1 unspecified atom stereocenters. The Bertz CT molecular complexity index is 336. The summed E-state index contributed by atoms with van der Waals surface area (Å²) in [7, 11) is 0. The van der Waals surface area contributed by atoms with Gasteiger partial charge in [0.1, 0.15) is 11.5 Å². The molecule has 0 radical (unpaired) electrons. The zero-order valence-electron chi connectivity index (χ0n) is 9.98. The summed E-state index contributed by atoms with van der Waals surface area (Å²) < 4.78 is 0. The second-order valence-electron chi connectivity index (χ2n) is 4.18. The molecule has 0 fully saturated rings. The van der Waals surface area contributed by atoms with Crippen LogP contribution in [0.2, 0.25) is 0 Å². The van der Waals surface area contributed by atoms with Crippen molar-refractivity contribution in [1.82, 2.24) is 0 Å². The lowest BCUT2D eigenvalue weighted by atomic mass is 9.95. The molecule has 0 heterocycles. The summed E-state index contributed by atoms with van der Waals surface area (Å²) in [5.74, 6) is 0.633. The van der Waals surface area contributed by atoms with Gasteiger partial charge in [-0.2, -0.15) is 0 Å². The van der Waals surface area contributed by atoms with Crippen LogP contribution in [-0.2, 0) is 0 Å². The summed E-state index contributed by atoms with van der Waals surface area (Å²) in [6, 6.07) is 4.80. The molecule has 1 rings (SSSR count). The van der Waals surface area contributed by atoms with Gasteiger partial charge in [-0.1, -0.05) is 19.1 Å². The van der Waals surface area contributed by atoms with Gasteiger partial charge in [-0.05, 0) is 49.8 Å². The van der Waals surface area contributed by atoms with Crippen molar-refractivity contribution in [2.45, 2.75) is 39.0 Å². The average Bonchev–Trinajstić information content (AvgIpc) is 2.22. The number of aromatic hydroxyl groups is 2. The summed E-state index contributed by atoms with van der Waals surface area (Å²) in [4.78, 5) is 0. The van der Waals surface area contributed by atoms with Crippen molar-refractivity contribution in [3.05, 3.63) is 35.9 Å². The van der Waals surface area contributed by atoms with Crippen LogP contribution in [0.4, 0.5) is 0 Å². The van der Waals surface area contributed by atoms with Crippen molar-refractivity contribution in [1.29, 1.82) is 0 Å². The number of hydrogen-bond donors (Lipinski definition) is 2. The summed E-state index contributed by atoms with van der Waals surface area (Å²) >= 11 is 0. The van der Waals surface area contributed by atoms with E-state index in [0.717, 1.165) is 24.8 Å². The van der Waals surface area contributed by atoms with Gasteiger partial charge in [0.05, 0.1) is 0 Å². The first-order valence-electron chi connectivity index (χ1n) is 5.77. The maximum Gasteiger partial charge on any atom is 0.119 e. The van der Waals surface area contributed by atoms with E-state index in [9.17, 15) is 10.2 Å². The Morgan fingerprint density at radius 1 is 1.19 bits per heavy atom. The van der Waals surface area contributed by atoms with E-state index in [0.29, 0.717) is 5.92 Å². The predicted molar refractivity (Wildman–Crippen MR) is 66.9 cm³/mol. The lowest BCUT2D eigenvalue weighted by molar-refractivity contribution is 0.447. The molecule has 0 spiro atoms. The highest BCUT2D eigenvalue weighted by molar-refractivity contribution is 5.38. The maximum atomic E-state index is 9.38. The molecule has 2 heteroatoms. The van der Waals surface area contributed by atoms with Crippen molar-refractivity contribution >= 4 is 0 Å². The molecule has 2 N–H and O–H groups in total. The van der Waals surface area contributed by atoms with Crippen LogP contribution in [0.15, 0.2) is 30.4 Å². The van der Waals surface area contributed by atoms with Crippen molar-refractivity contribution < 1.29 is 10.2 Å². The monoisotopic (exact) mass is 220 g/mol. The molecule has 0 saturated heterocycles. The topological polar surface area (TPSA) is 40.5 Å². The van der Waals surface area contributed by atoms with Gasteiger partial charge < -0.3 is 10.2 Å². The van der Waals surface area contributed by atoms with Crippen molar-refractivity contribution in [3.8, 4) is 11.5 Å². The van der Waals surface area contributed by atoms with Crippen molar-refractivity contribution in [3.63, 3.8) is 0 Å². The number of phenolic OH excluding ortho intramolecular Hbond substituents is 2. The Kier molecular flexibility index (Phi) is 4.90. The standard InChI is InChI=1S/C14H20O2/c1-3-4-5-6-7-11(2)12-8-13(15)10-14(16)9-12/h3-4,8-11,15-16H,5-7H2,1-2H3. The van der Waals surface area contributed by atoms with E-state index in [1.54, 1.807) is 12.1 Å². The van der Waals surface area contributed by atoms with Crippen LogP contribution in [-0.4, -0.2) is 10.2 Å². The maximum absolute atomic E-state index is 9.38. The van der Waals surface area contributed by atoms with Crippen LogP contribution in [0.1, 0.15) is 44.6 Å². The lowest BCUT2D eigenvalue weighted by Gasteiger charge is -2.12. The minimum Gasteiger partial charge on any atom is -0.508 e. The number of rotatable bonds is 5. The van der Waals surface area contributed by atoms with Gasteiger partial charge in [0.15, 0.2) is 0 Å². The van der Waals surface area contributed by atoms with E-state index >= 15 is 0 Å². The molecule has 2 nitrogen and oxygen atoms in total. The van der Waals surface area contributed by atoms with Gasteiger partial charge in [-0.25, -0.2) is 0 Å². The second-order valence-corrected chi connectivity index (χ2v) is 4.18. The largest absolute Gasteiger partial charge is 0.508 e. The predicted octanol–water partition coefficient (Wildman–Crippen LogP) is 3.95. The van der Waals surface area contributed by atoms with Crippen LogP contribution >= 0.6 is 0 Å². The Morgan fingerprint density at radius 2 is 1.81 bits per heavy atom. The molecule has 0 aliphatic carbocycles. The van der Waals surface area contributed by atoms with Crippen LogP contribution in [0, 0.1) is 0 Å². The number of allylic oxidation sites excluding steroid dienone is 2. The number of benzene rings is 1. The highest BCUT2D eigenvalue weighted by Gasteiger charge is 2.07. The Hall–Kier alpha value is -1.44. The molecule has 1 aromatic rings. The minimum atomic E-state index is 0.135. The molecule has 0 amide bonds. The van der Waals surface area contributed by atoms with Crippen molar-refractivity contribution in [2.24, 2.45) is 0 Å². The Morgan fingerprint density at radius 3 is 2.38 bits per heavy atom. The molecule has 0 aromatic heterocycles. The smallest absolute Gasteiger partial charge is 0.119 e. The third-order valence-electron chi connectivity index (χ3n) is 2.74. The fraction of sp³-hybridized carbons (Fsp3) is 0.429. The normalized spacial score (nSPS) is 13.1. The lowest BCUT2D eigenvalue weighted by Crippen LogP contribution is -1.93. The summed E-state index contributed by atoms with van der Waals surface area (Å²) in [5.41, 5.74) is 0.998. The minimum absolute atomic E-state index is 0.135. The van der Waals surface area contributed by atoms with Gasteiger partial charge in [-0.15, -0.1) is 0 Å². The van der Waals surface area contributed by atoms with E-state index in [2.05, 4.69) is 19.1 Å².